The highest BCUT2D eigenvalue weighted by atomic mass is 16.5. The van der Waals surface area contributed by atoms with Gasteiger partial charge in [-0.3, -0.25) is 4.99 Å². The van der Waals surface area contributed by atoms with Crippen LogP contribution in [0, 0.1) is 0 Å². The Kier molecular flexibility index (Phi) is 3.72. The quantitative estimate of drug-likeness (QED) is 0.887. The number of aliphatic imine (C=N–C) groups is 1. The lowest BCUT2D eigenvalue weighted by molar-refractivity contribution is 0.415. The van der Waals surface area contributed by atoms with Crippen molar-refractivity contribution in [3.05, 3.63) is 66.4 Å². The summed E-state index contributed by atoms with van der Waals surface area (Å²) in [5.41, 5.74) is 4.37. The third kappa shape index (κ3) is 2.62. The number of fused-ring (bicyclic) bond motifs is 1. The predicted molar refractivity (Wildman–Crippen MR) is 92.3 cm³/mol. The molecule has 3 heteroatoms. The van der Waals surface area contributed by atoms with E-state index in [0.717, 1.165) is 22.8 Å². The van der Waals surface area contributed by atoms with E-state index in [1.165, 1.54) is 5.56 Å². The zero-order chi connectivity index (χ0) is 15.6. The van der Waals surface area contributed by atoms with Gasteiger partial charge in [-0.25, -0.2) is 0 Å². The van der Waals surface area contributed by atoms with E-state index in [-0.39, 0.29) is 5.41 Å². The van der Waals surface area contributed by atoms with E-state index in [1.807, 2.05) is 42.6 Å². The molecule has 1 N–H and O–H groups in total. The first-order chi connectivity index (χ1) is 10.6. The normalized spacial score (nSPS) is 15.5. The Balaban J connectivity index is 1.73. The molecule has 3 nitrogen and oxygen atoms in total. The van der Waals surface area contributed by atoms with Gasteiger partial charge in [-0.05, 0) is 42.0 Å². The lowest BCUT2D eigenvalue weighted by Gasteiger charge is -2.20. The maximum atomic E-state index is 5.15. The minimum Gasteiger partial charge on any atom is -0.497 e. The molecule has 22 heavy (non-hydrogen) atoms. The number of benzene rings is 2. The number of hydrogen-bond acceptors (Lipinski definition) is 3. The van der Waals surface area contributed by atoms with Crippen LogP contribution >= 0.6 is 0 Å². The second kappa shape index (κ2) is 5.68. The van der Waals surface area contributed by atoms with Crippen molar-refractivity contribution in [1.29, 1.82) is 0 Å². The molecule has 1 heterocycles. The van der Waals surface area contributed by atoms with E-state index in [9.17, 15) is 0 Å². The summed E-state index contributed by atoms with van der Waals surface area (Å²) in [5, 5.41) is 3.27. The number of hydrogen-bond donors (Lipinski definition) is 1. The van der Waals surface area contributed by atoms with Gasteiger partial charge < -0.3 is 10.1 Å². The van der Waals surface area contributed by atoms with Crippen molar-refractivity contribution < 1.29 is 4.74 Å². The van der Waals surface area contributed by atoms with Crippen LogP contribution in [0.15, 0.2) is 65.8 Å². The summed E-state index contributed by atoms with van der Waals surface area (Å²) in [6.45, 7) is 4.41. The summed E-state index contributed by atoms with van der Waals surface area (Å²) in [4.78, 5) is 4.73. The largest absolute Gasteiger partial charge is 0.497 e. The maximum Gasteiger partial charge on any atom is 0.119 e. The molecule has 0 atom stereocenters. The molecule has 0 radical (unpaired) electrons. The van der Waals surface area contributed by atoms with Gasteiger partial charge in [0.25, 0.3) is 0 Å². The molecule has 1 aliphatic heterocycles. The Hall–Kier alpha value is -2.55. The predicted octanol–water partition coefficient (Wildman–Crippen LogP) is 4.68. The van der Waals surface area contributed by atoms with Crippen molar-refractivity contribution >= 4 is 17.1 Å². The first-order valence-corrected chi connectivity index (χ1v) is 7.37. The fraction of sp³-hybridized carbons (Fsp3) is 0.211. The number of nitrogens with one attached hydrogen (secondary N) is 1. The number of nitrogens with zero attached hydrogens (tertiary/aromatic N) is 1. The third-order valence-electron chi connectivity index (χ3n) is 4.04. The Labute approximate surface area is 131 Å². The minimum absolute atomic E-state index is 0.0608. The molecule has 0 bridgehead atoms. The number of allylic oxidation sites excluding steroid dienone is 1. The van der Waals surface area contributed by atoms with E-state index in [1.54, 1.807) is 7.11 Å². The fourth-order valence-corrected chi connectivity index (χ4v) is 2.66. The van der Waals surface area contributed by atoms with Crippen LogP contribution in [0.4, 0.5) is 11.4 Å². The Morgan fingerprint density at radius 2 is 1.77 bits per heavy atom. The average molecular weight is 292 g/mol. The summed E-state index contributed by atoms with van der Waals surface area (Å²) >= 11 is 0. The van der Waals surface area contributed by atoms with Gasteiger partial charge in [0.15, 0.2) is 0 Å². The second-order valence-electron chi connectivity index (χ2n) is 5.85. The molecule has 0 aromatic heterocycles. The number of rotatable bonds is 4. The van der Waals surface area contributed by atoms with E-state index >= 15 is 0 Å². The second-order valence-corrected chi connectivity index (χ2v) is 5.85. The molecular formula is C19H20N2O. The summed E-state index contributed by atoms with van der Waals surface area (Å²) in [6.07, 6.45) is 3.98. The van der Waals surface area contributed by atoms with Crippen molar-refractivity contribution in [3.63, 3.8) is 0 Å². The smallest absolute Gasteiger partial charge is 0.119 e. The third-order valence-corrected chi connectivity index (χ3v) is 4.04. The zero-order valence-electron chi connectivity index (χ0n) is 13.1. The molecule has 2 aromatic rings. The Morgan fingerprint density at radius 3 is 2.45 bits per heavy atom. The monoisotopic (exact) mass is 292 g/mol. The van der Waals surface area contributed by atoms with E-state index < -0.39 is 0 Å². The fourth-order valence-electron chi connectivity index (χ4n) is 2.66. The van der Waals surface area contributed by atoms with E-state index in [2.05, 4.69) is 37.4 Å². The highest BCUT2D eigenvalue weighted by Gasteiger charge is 2.32. The van der Waals surface area contributed by atoms with Crippen LogP contribution in [0.3, 0.4) is 0 Å². The van der Waals surface area contributed by atoms with Crippen LogP contribution in [-0.4, -0.2) is 12.8 Å². The van der Waals surface area contributed by atoms with Gasteiger partial charge in [0.05, 0.1) is 18.5 Å². The molecule has 0 fully saturated rings. The van der Waals surface area contributed by atoms with Crippen LogP contribution < -0.4 is 10.1 Å². The standard InChI is InChI=1S/C19H20N2O/c1-19(2)16-6-4-5-7-17(16)21-18(19)12-13-20-14-8-10-15(22-3)11-9-14/h4-13,20H,1-3H3/b13-12+. The highest BCUT2D eigenvalue weighted by molar-refractivity contribution is 6.08. The molecule has 0 saturated carbocycles. The van der Waals surface area contributed by atoms with Gasteiger partial charge in [0, 0.05) is 17.3 Å². The van der Waals surface area contributed by atoms with Crippen LogP contribution in [0.2, 0.25) is 0 Å². The van der Waals surface area contributed by atoms with Gasteiger partial charge in [0.2, 0.25) is 0 Å². The van der Waals surface area contributed by atoms with Gasteiger partial charge in [0.1, 0.15) is 5.75 Å². The van der Waals surface area contributed by atoms with Gasteiger partial charge in [-0.1, -0.05) is 32.0 Å². The van der Waals surface area contributed by atoms with Crippen LogP contribution in [0.1, 0.15) is 19.4 Å². The topological polar surface area (TPSA) is 33.6 Å². The molecule has 0 saturated heterocycles. The van der Waals surface area contributed by atoms with E-state index in [0.29, 0.717) is 0 Å². The SMILES string of the molecule is COc1ccc(N/C=C/C2=Nc3ccccc3C2(C)C)cc1. The van der Waals surface area contributed by atoms with Gasteiger partial charge in [-0.15, -0.1) is 0 Å². The number of ether oxygens (including phenoxy) is 1. The summed E-state index contributed by atoms with van der Waals surface area (Å²) in [5.74, 6) is 0.853. The number of methoxy groups -OCH3 is 1. The van der Waals surface area contributed by atoms with Crippen LogP contribution in [-0.2, 0) is 5.41 Å². The van der Waals surface area contributed by atoms with E-state index in [4.69, 9.17) is 9.73 Å². The summed E-state index contributed by atoms with van der Waals surface area (Å²) in [7, 11) is 1.67. The van der Waals surface area contributed by atoms with Crippen molar-refractivity contribution in [2.45, 2.75) is 19.3 Å². The Morgan fingerprint density at radius 1 is 1.05 bits per heavy atom. The van der Waals surface area contributed by atoms with Crippen molar-refractivity contribution in [1.82, 2.24) is 0 Å². The first kappa shape index (κ1) is 14.4. The van der Waals surface area contributed by atoms with Crippen LogP contribution in [0.5, 0.6) is 5.75 Å². The van der Waals surface area contributed by atoms with Gasteiger partial charge in [-0.2, -0.15) is 0 Å². The Bertz CT molecular complexity index is 727. The maximum absolute atomic E-state index is 5.15. The molecule has 0 amide bonds. The zero-order valence-corrected chi connectivity index (χ0v) is 13.1. The van der Waals surface area contributed by atoms with Crippen molar-refractivity contribution in [3.8, 4) is 5.75 Å². The minimum atomic E-state index is -0.0608. The average Bonchev–Trinajstić information content (AvgIpc) is 2.79. The highest BCUT2D eigenvalue weighted by Crippen LogP contribution is 2.39. The number of anilines is 1. The molecule has 0 spiro atoms. The molecule has 1 aliphatic rings. The van der Waals surface area contributed by atoms with Crippen LogP contribution in [0.25, 0.3) is 0 Å². The molecule has 0 unspecified atom stereocenters. The summed E-state index contributed by atoms with van der Waals surface area (Å²) < 4.78 is 5.15. The summed E-state index contributed by atoms with van der Waals surface area (Å²) in [6, 6.07) is 16.1. The van der Waals surface area contributed by atoms with Crippen molar-refractivity contribution in [2.24, 2.45) is 4.99 Å². The lowest BCUT2D eigenvalue weighted by Crippen LogP contribution is -2.23. The number of para-hydroxylation sites is 1. The van der Waals surface area contributed by atoms with Gasteiger partial charge >= 0.3 is 0 Å². The molecule has 3 rings (SSSR count). The molecule has 2 aromatic carbocycles. The first-order valence-electron chi connectivity index (χ1n) is 7.37. The molecule has 112 valence electrons. The van der Waals surface area contributed by atoms with Crippen molar-refractivity contribution in [2.75, 3.05) is 12.4 Å². The molecule has 0 aliphatic carbocycles. The molecular weight excluding hydrogens is 272 g/mol. The lowest BCUT2D eigenvalue weighted by atomic mass is 9.81.